The summed E-state index contributed by atoms with van der Waals surface area (Å²) in [6, 6.07) is 0. The Hall–Kier alpha value is -0.610. The van der Waals surface area contributed by atoms with Gasteiger partial charge in [-0.15, -0.1) is 0 Å². The summed E-state index contributed by atoms with van der Waals surface area (Å²) in [6.07, 6.45) is 1.36. The van der Waals surface area contributed by atoms with Gasteiger partial charge in [-0.05, 0) is 26.8 Å². The maximum absolute atomic E-state index is 11.2. The van der Waals surface area contributed by atoms with Gasteiger partial charge in [0, 0.05) is 26.1 Å². The van der Waals surface area contributed by atoms with Crippen LogP contribution in [0.15, 0.2) is 0 Å². The van der Waals surface area contributed by atoms with Crippen molar-refractivity contribution in [2.75, 3.05) is 27.2 Å². The van der Waals surface area contributed by atoms with E-state index in [2.05, 4.69) is 5.32 Å². The fraction of sp³-hybridized carbons (Fsp3) is 0.900. The summed E-state index contributed by atoms with van der Waals surface area (Å²) in [5.41, 5.74) is -0.249. The zero-order valence-electron chi connectivity index (χ0n) is 9.63. The molecule has 0 radical (unpaired) electrons. The van der Waals surface area contributed by atoms with Gasteiger partial charge < -0.3 is 15.3 Å². The highest BCUT2D eigenvalue weighted by Gasteiger charge is 2.14. The molecule has 0 saturated heterocycles. The second-order valence-corrected chi connectivity index (χ2v) is 4.36. The number of rotatable bonds is 6. The number of carbonyl (C=O) groups is 1. The Morgan fingerprint density at radius 2 is 2.00 bits per heavy atom. The molecule has 0 aromatic carbocycles. The zero-order valence-corrected chi connectivity index (χ0v) is 9.63. The van der Waals surface area contributed by atoms with Gasteiger partial charge >= 0.3 is 0 Å². The van der Waals surface area contributed by atoms with Crippen LogP contribution >= 0.6 is 0 Å². The predicted molar refractivity (Wildman–Crippen MR) is 57.1 cm³/mol. The van der Waals surface area contributed by atoms with E-state index in [0.29, 0.717) is 6.42 Å². The van der Waals surface area contributed by atoms with E-state index in [-0.39, 0.29) is 18.1 Å². The van der Waals surface area contributed by atoms with Crippen LogP contribution < -0.4 is 5.32 Å². The SMILES string of the molecule is CN(C)C(=O)CCCNC(C)(C)CO. The van der Waals surface area contributed by atoms with Crippen molar-refractivity contribution in [3.05, 3.63) is 0 Å². The lowest BCUT2D eigenvalue weighted by Gasteiger charge is -2.23. The number of aliphatic hydroxyl groups excluding tert-OH is 1. The third-order valence-corrected chi connectivity index (χ3v) is 2.07. The summed E-state index contributed by atoms with van der Waals surface area (Å²) < 4.78 is 0. The van der Waals surface area contributed by atoms with Crippen LogP contribution in [0, 0.1) is 0 Å². The third-order valence-electron chi connectivity index (χ3n) is 2.07. The lowest BCUT2D eigenvalue weighted by atomic mass is 10.1. The van der Waals surface area contributed by atoms with E-state index in [1.54, 1.807) is 19.0 Å². The molecular weight excluding hydrogens is 180 g/mol. The quantitative estimate of drug-likeness (QED) is 0.606. The van der Waals surface area contributed by atoms with E-state index in [4.69, 9.17) is 5.11 Å². The number of carbonyl (C=O) groups excluding carboxylic acids is 1. The average Bonchev–Trinajstić information content (AvgIpc) is 2.12. The van der Waals surface area contributed by atoms with E-state index < -0.39 is 0 Å². The largest absolute Gasteiger partial charge is 0.394 e. The van der Waals surface area contributed by atoms with Gasteiger partial charge in [-0.1, -0.05) is 0 Å². The highest BCUT2D eigenvalue weighted by molar-refractivity contribution is 5.75. The average molecular weight is 202 g/mol. The highest BCUT2D eigenvalue weighted by atomic mass is 16.3. The molecule has 0 unspecified atom stereocenters. The van der Waals surface area contributed by atoms with Crippen molar-refractivity contribution in [2.45, 2.75) is 32.2 Å². The van der Waals surface area contributed by atoms with Gasteiger partial charge in [-0.2, -0.15) is 0 Å². The molecule has 1 amide bonds. The highest BCUT2D eigenvalue weighted by Crippen LogP contribution is 2.00. The standard InChI is InChI=1S/C10H22N2O2/c1-10(2,8-13)11-7-5-6-9(14)12(3)4/h11,13H,5-8H2,1-4H3. The number of aliphatic hydroxyl groups is 1. The molecule has 0 aliphatic carbocycles. The molecule has 2 N–H and O–H groups in total. The Morgan fingerprint density at radius 1 is 1.43 bits per heavy atom. The molecule has 0 heterocycles. The first kappa shape index (κ1) is 13.4. The maximum atomic E-state index is 11.2. The molecule has 0 aromatic heterocycles. The van der Waals surface area contributed by atoms with Crippen LogP contribution in [-0.4, -0.2) is 48.7 Å². The van der Waals surface area contributed by atoms with Crippen LogP contribution in [0.4, 0.5) is 0 Å². The van der Waals surface area contributed by atoms with Crippen molar-refractivity contribution in [3.63, 3.8) is 0 Å². The molecule has 0 aliphatic heterocycles. The van der Waals surface area contributed by atoms with Gasteiger partial charge in [0.2, 0.25) is 5.91 Å². The van der Waals surface area contributed by atoms with Crippen molar-refractivity contribution >= 4 is 5.91 Å². The first-order valence-corrected chi connectivity index (χ1v) is 4.95. The van der Waals surface area contributed by atoms with Crippen LogP contribution in [0.1, 0.15) is 26.7 Å². The summed E-state index contributed by atoms with van der Waals surface area (Å²) in [5, 5.41) is 12.1. The van der Waals surface area contributed by atoms with E-state index in [1.165, 1.54) is 0 Å². The molecule has 0 aromatic rings. The number of nitrogens with zero attached hydrogens (tertiary/aromatic N) is 1. The topological polar surface area (TPSA) is 52.6 Å². The van der Waals surface area contributed by atoms with Crippen molar-refractivity contribution < 1.29 is 9.90 Å². The number of hydrogen-bond donors (Lipinski definition) is 2. The molecule has 0 aliphatic rings. The molecule has 4 heteroatoms. The van der Waals surface area contributed by atoms with E-state index in [1.807, 2.05) is 13.8 Å². The smallest absolute Gasteiger partial charge is 0.222 e. The molecule has 0 saturated carbocycles. The lowest BCUT2D eigenvalue weighted by molar-refractivity contribution is -0.128. The maximum Gasteiger partial charge on any atom is 0.222 e. The van der Waals surface area contributed by atoms with Crippen molar-refractivity contribution in [1.29, 1.82) is 0 Å². The molecule has 0 spiro atoms. The van der Waals surface area contributed by atoms with Gasteiger partial charge in [0.25, 0.3) is 0 Å². The van der Waals surface area contributed by atoms with Gasteiger partial charge in [0.15, 0.2) is 0 Å². The first-order chi connectivity index (χ1) is 6.39. The summed E-state index contributed by atoms with van der Waals surface area (Å²) in [6.45, 7) is 4.73. The molecule has 14 heavy (non-hydrogen) atoms. The second kappa shape index (κ2) is 5.98. The fourth-order valence-electron chi connectivity index (χ4n) is 0.946. The van der Waals surface area contributed by atoms with Crippen LogP contribution in [0.3, 0.4) is 0 Å². The molecular formula is C10H22N2O2. The van der Waals surface area contributed by atoms with Gasteiger partial charge in [0.05, 0.1) is 6.61 Å². The number of nitrogens with one attached hydrogen (secondary N) is 1. The van der Waals surface area contributed by atoms with Crippen LogP contribution in [0.2, 0.25) is 0 Å². The molecule has 4 nitrogen and oxygen atoms in total. The first-order valence-electron chi connectivity index (χ1n) is 4.95. The minimum absolute atomic E-state index is 0.106. The Balaban J connectivity index is 3.52. The van der Waals surface area contributed by atoms with E-state index in [0.717, 1.165) is 13.0 Å². The molecule has 84 valence electrons. The predicted octanol–water partition coefficient (Wildman–Crippen LogP) is 0.215. The Bertz CT molecular complexity index is 179. The molecule has 0 atom stereocenters. The fourth-order valence-corrected chi connectivity index (χ4v) is 0.946. The summed E-state index contributed by atoms with van der Waals surface area (Å²) in [4.78, 5) is 12.8. The summed E-state index contributed by atoms with van der Waals surface area (Å²) in [7, 11) is 3.51. The zero-order chi connectivity index (χ0) is 11.2. The number of amides is 1. The minimum atomic E-state index is -0.249. The molecule has 0 fully saturated rings. The Labute approximate surface area is 86.3 Å². The van der Waals surface area contributed by atoms with Crippen LogP contribution in [0.5, 0.6) is 0 Å². The summed E-state index contributed by atoms with van der Waals surface area (Å²) in [5.74, 6) is 0.147. The van der Waals surface area contributed by atoms with E-state index in [9.17, 15) is 4.79 Å². The second-order valence-electron chi connectivity index (χ2n) is 4.36. The lowest BCUT2D eigenvalue weighted by Crippen LogP contribution is -2.43. The Kier molecular flexibility index (Phi) is 5.72. The molecule has 0 bridgehead atoms. The monoisotopic (exact) mass is 202 g/mol. The summed E-state index contributed by atoms with van der Waals surface area (Å²) >= 11 is 0. The van der Waals surface area contributed by atoms with Gasteiger partial charge in [-0.25, -0.2) is 0 Å². The van der Waals surface area contributed by atoms with Crippen LogP contribution in [0.25, 0.3) is 0 Å². The van der Waals surface area contributed by atoms with Gasteiger partial charge in [-0.3, -0.25) is 4.79 Å². The van der Waals surface area contributed by atoms with Crippen molar-refractivity contribution in [1.82, 2.24) is 10.2 Å². The minimum Gasteiger partial charge on any atom is -0.394 e. The van der Waals surface area contributed by atoms with Crippen molar-refractivity contribution in [3.8, 4) is 0 Å². The molecule has 0 rings (SSSR count). The third kappa shape index (κ3) is 5.94. The van der Waals surface area contributed by atoms with E-state index >= 15 is 0 Å². The normalized spacial score (nSPS) is 11.5. The van der Waals surface area contributed by atoms with Gasteiger partial charge in [0.1, 0.15) is 0 Å². The van der Waals surface area contributed by atoms with Crippen LogP contribution in [-0.2, 0) is 4.79 Å². The number of hydrogen-bond acceptors (Lipinski definition) is 3. The van der Waals surface area contributed by atoms with Crippen molar-refractivity contribution in [2.24, 2.45) is 0 Å². The Morgan fingerprint density at radius 3 is 2.43 bits per heavy atom.